The highest BCUT2D eigenvalue weighted by molar-refractivity contribution is 6.31. The minimum absolute atomic E-state index is 0.272. The van der Waals surface area contributed by atoms with Gasteiger partial charge in [-0.3, -0.25) is 4.79 Å². The number of ketones is 1. The standard InChI is InChI=1S/C14H16ClNO/c1-16-5-4-9-6-14(17)12-7-10(15)2-3-11(12)13(9)8-16/h2-3,7,9,13H,4-6,8H2,1H3/t9-,13+/m1/s1. The van der Waals surface area contributed by atoms with E-state index in [0.29, 0.717) is 23.3 Å². The van der Waals surface area contributed by atoms with E-state index in [1.165, 1.54) is 5.56 Å². The molecule has 1 aliphatic heterocycles. The highest BCUT2D eigenvalue weighted by atomic mass is 35.5. The van der Waals surface area contributed by atoms with Crippen molar-refractivity contribution in [2.24, 2.45) is 5.92 Å². The normalized spacial score (nSPS) is 28.7. The molecule has 1 aromatic carbocycles. The van der Waals surface area contributed by atoms with E-state index in [-0.39, 0.29) is 5.78 Å². The summed E-state index contributed by atoms with van der Waals surface area (Å²) in [5.41, 5.74) is 2.07. The van der Waals surface area contributed by atoms with Crippen LogP contribution in [0.25, 0.3) is 0 Å². The van der Waals surface area contributed by atoms with E-state index in [0.717, 1.165) is 25.1 Å². The van der Waals surface area contributed by atoms with Crippen LogP contribution in [0.1, 0.15) is 34.7 Å². The predicted molar refractivity (Wildman–Crippen MR) is 68.7 cm³/mol. The number of likely N-dealkylation sites (tertiary alicyclic amines) is 1. The molecule has 0 aromatic heterocycles. The van der Waals surface area contributed by atoms with Crippen LogP contribution in [0.5, 0.6) is 0 Å². The number of rotatable bonds is 0. The van der Waals surface area contributed by atoms with Crippen LogP contribution in [0.15, 0.2) is 18.2 Å². The van der Waals surface area contributed by atoms with E-state index >= 15 is 0 Å². The molecule has 17 heavy (non-hydrogen) atoms. The van der Waals surface area contributed by atoms with E-state index in [9.17, 15) is 4.79 Å². The highest BCUT2D eigenvalue weighted by Gasteiger charge is 2.36. The molecule has 0 radical (unpaired) electrons. The van der Waals surface area contributed by atoms with Crippen molar-refractivity contribution in [3.63, 3.8) is 0 Å². The van der Waals surface area contributed by atoms with Gasteiger partial charge in [0.25, 0.3) is 0 Å². The van der Waals surface area contributed by atoms with E-state index in [1.807, 2.05) is 18.2 Å². The van der Waals surface area contributed by atoms with Crippen molar-refractivity contribution in [1.82, 2.24) is 4.90 Å². The topological polar surface area (TPSA) is 20.3 Å². The monoisotopic (exact) mass is 249 g/mol. The van der Waals surface area contributed by atoms with Gasteiger partial charge in [-0.2, -0.15) is 0 Å². The van der Waals surface area contributed by atoms with Gasteiger partial charge < -0.3 is 4.90 Å². The number of fused-ring (bicyclic) bond motifs is 3. The second-order valence-corrected chi connectivity index (χ2v) is 5.71. The van der Waals surface area contributed by atoms with Crippen molar-refractivity contribution < 1.29 is 4.79 Å². The molecular weight excluding hydrogens is 234 g/mol. The molecule has 3 heteroatoms. The Morgan fingerprint density at radius 1 is 1.41 bits per heavy atom. The molecular formula is C14H16ClNO. The van der Waals surface area contributed by atoms with E-state index in [2.05, 4.69) is 11.9 Å². The SMILES string of the molecule is CN1CC[C@@H]2CC(=O)c3cc(Cl)ccc3[C@H]2C1. The Labute approximate surface area is 107 Å². The van der Waals surface area contributed by atoms with Crippen LogP contribution >= 0.6 is 11.6 Å². The maximum absolute atomic E-state index is 12.1. The lowest BCUT2D eigenvalue weighted by Gasteiger charge is -2.40. The van der Waals surface area contributed by atoms with Gasteiger partial charge in [0.2, 0.25) is 0 Å². The summed E-state index contributed by atoms with van der Waals surface area (Å²) >= 11 is 5.98. The molecule has 0 spiro atoms. The Kier molecular flexibility index (Phi) is 2.72. The minimum atomic E-state index is 0.272. The third kappa shape index (κ3) is 1.90. The molecule has 1 aromatic rings. The molecule has 1 aliphatic carbocycles. The smallest absolute Gasteiger partial charge is 0.163 e. The third-order valence-corrected chi connectivity index (χ3v) is 4.36. The van der Waals surface area contributed by atoms with E-state index in [1.54, 1.807) is 0 Å². The summed E-state index contributed by atoms with van der Waals surface area (Å²) in [6, 6.07) is 5.79. The molecule has 1 fully saturated rings. The summed E-state index contributed by atoms with van der Waals surface area (Å²) in [6.45, 7) is 2.17. The predicted octanol–water partition coefficient (Wildman–Crippen LogP) is 2.96. The first-order valence-corrected chi connectivity index (χ1v) is 6.54. The molecule has 3 rings (SSSR count). The van der Waals surface area contributed by atoms with Crippen molar-refractivity contribution in [2.45, 2.75) is 18.8 Å². The highest BCUT2D eigenvalue weighted by Crippen LogP contribution is 2.41. The van der Waals surface area contributed by atoms with Gasteiger partial charge in [-0.1, -0.05) is 17.7 Å². The molecule has 2 aliphatic rings. The number of nitrogens with zero attached hydrogens (tertiary/aromatic N) is 1. The van der Waals surface area contributed by atoms with Crippen molar-refractivity contribution in [1.29, 1.82) is 0 Å². The van der Waals surface area contributed by atoms with Crippen LogP contribution in [-0.2, 0) is 0 Å². The van der Waals surface area contributed by atoms with Gasteiger partial charge >= 0.3 is 0 Å². The van der Waals surface area contributed by atoms with Crippen LogP contribution in [0.2, 0.25) is 5.02 Å². The number of Topliss-reactive ketones (excluding diaryl/α,β-unsaturated/α-hetero) is 1. The molecule has 2 atom stereocenters. The quantitative estimate of drug-likeness (QED) is 0.705. The number of carbonyl (C=O) groups is 1. The van der Waals surface area contributed by atoms with Crippen LogP contribution in [0, 0.1) is 5.92 Å². The average Bonchev–Trinajstić information content (AvgIpc) is 2.30. The molecule has 0 amide bonds. The summed E-state index contributed by atoms with van der Waals surface area (Å²) in [4.78, 5) is 14.5. The average molecular weight is 250 g/mol. The second-order valence-electron chi connectivity index (χ2n) is 5.28. The minimum Gasteiger partial charge on any atom is -0.306 e. The second kappa shape index (κ2) is 4.11. The molecule has 2 nitrogen and oxygen atoms in total. The fourth-order valence-electron chi connectivity index (χ4n) is 3.20. The maximum Gasteiger partial charge on any atom is 0.163 e. The fourth-order valence-corrected chi connectivity index (χ4v) is 3.37. The van der Waals surface area contributed by atoms with Gasteiger partial charge in [0.1, 0.15) is 0 Å². The zero-order valence-electron chi connectivity index (χ0n) is 9.95. The zero-order valence-corrected chi connectivity index (χ0v) is 10.7. The molecule has 0 N–H and O–H groups in total. The number of halogens is 1. The number of carbonyl (C=O) groups excluding carboxylic acids is 1. The Hall–Kier alpha value is -0.860. The summed E-state index contributed by atoms with van der Waals surface area (Å²) in [7, 11) is 2.15. The Bertz CT molecular complexity index is 471. The Morgan fingerprint density at radius 3 is 3.06 bits per heavy atom. The van der Waals surface area contributed by atoms with Gasteiger partial charge in [0.05, 0.1) is 0 Å². The first-order valence-electron chi connectivity index (χ1n) is 6.16. The van der Waals surface area contributed by atoms with Crippen molar-refractivity contribution in [3.05, 3.63) is 34.3 Å². The van der Waals surface area contributed by atoms with Crippen molar-refractivity contribution in [3.8, 4) is 0 Å². The summed E-state index contributed by atoms with van der Waals surface area (Å²) in [6.07, 6.45) is 1.83. The lowest BCUT2D eigenvalue weighted by Crippen LogP contribution is -2.40. The lowest BCUT2D eigenvalue weighted by molar-refractivity contribution is 0.0887. The summed E-state index contributed by atoms with van der Waals surface area (Å²) in [5, 5.41) is 0.666. The largest absolute Gasteiger partial charge is 0.306 e. The Morgan fingerprint density at radius 2 is 2.24 bits per heavy atom. The Balaban J connectivity index is 2.05. The van der Waals surface area contributed by atoms with Gasteiger partial charge in [-0.25, -0.2) is 0 Å². The van der Waals surface area contributed by atoms with Crippen LogP contribution < -0.4 is 0 Å². The molecule has 0 saturated carbocycles. The number of hydrogen-bond donors (Lipinski definition) is 0. The number of hydrogen-bond acceptors (Lipinski definition) is 2. The number of benzene rings is 1. The van der Waals surface area contributed by atoms with E-state index in [4.69, 9.17) is 11.6 Å². The van der Waals surface area contributed by atoms with Crippen LogP contribution in [0.4, 0.5) is 0 Å². The fraction of sp³-hybridized carbons (Fsp3) is 0.500. The third-order valence-electron chi connectivity index (χ3n) is 4.12. The molecule has 0 bridgehead atoms. The number of piperidine rings is 1. The van der Waals surface area contributed by atoms with Crippen LogP contribution in [-0.4, -0.2) is 30.8 Å². The number of likely N-dealkylation sites (N-methyl/N-ethyl adjacent to an activating group) is 1. The molecule has 1 heterocycles. The maximum atomic E-state index is 12.1. The zero-order chi connectivity index (χ0) is 12.0. The first-order chi connectivity index (χ1) is 8.15. The lowest BCUT2D eigenvalue weighted by atomic mass is 9.71. The van der Waals surface area contributed by atoms with Crippen molar-refractivity contribution in [2.75, 3.05) is 20.1 Å². The molecule has 1 saturated heterocycles. The first kappa shape index (κ1) is 11.2. The van der Waals surface area contributed by atoms with Gasteiger partial charge in [-0.15, -0.1) is 0 Å². The van der Waals surface area contributed by atoms with Gasteiger partial charge in [-0.05, 0) is 43.6 Å². The summed E-state index contributed by atoms with van der Waals surface area (Å²) in [5.74, 6) is 1.32. The van der Waals surface area contributed by atoms with E-state index < -0.39 is 0 Å². The van der Waals surface area contributed by atoms with Gasteiger partial charge in [0.15, 0.2) is 5.78 Å². The van der Waals surface area contributed by atoms with Gasteiger partial charge in [0, 0.05) is 29.5 Å². The molecule has 0 unspecified atom stereocenters. The van der Waals surface area contributed by atoms with Crippen molar-refractivity contribution >= 4 is 17.4 Å². The van der Waals surface area contributed by atoms with Crippen LogP contribution in [0.3, 0.4) is 0 Å². The molecule has 90 valence electrons. The summed E-state index contributed by atoms with van der Waals surface area (Å²) < 4.78 is 0.